The molecule has 0 aliphatic rings. The summed E-state index contributed by atoms with van der Waals surface area (Å²) in [6, 6.07) is 0. The summed E-state index contributed by atoms with van der Waals surface area (Å²) in [6.07, 6.45) is 0. The van der Waals surface area contributed by atoms with Crippen LogP contribution in [0, 0.1) is 0 Å². The van der Waals surface area contributed by atoms with Crippen molar-refractivity contribution < 1.29 is 8.02 Å². The van der Waals surface area contributed by atoms with Gasteiger partial charge in [-0.3, -0.25) is 0 Å². The van der Waals surface area contributed by atoms with E-state index in [0.717, 1.165) is 0 Å². The Morgan fingerprint density at radius 2 is 2.17 bits per heavy atom. The normalized spacial score (nSPS) is 13.7. The van der Waals surface area contributed by atoms with E-state index in [-0.39, 0.29) is 0 Å². The van der Waals surface area contributed by atoms with Gasteiger partial charge in [0.2, 0.25) is 0 Å². The van der Waals surface area contributed by atoms with Gasteiger partial charge in [-0.25, -0.2) is 0 Å². The van der Waals surface area contributed by atoms with Crippen molar-refractivity contribution in [2.45, 2.75) is 6.92 Å². The summed E-state index contributed by atoms with van der Waals surface area (Å²) < 4.78 is 18.3. The van der Waals surface area contributed by atoms with Gasteiger partial charge in [0.1, 0.15) is 0 Å². The molecule has 0 saturated heterocycles. The summed E-state index contributed by atoms with van der Waals surface area (Å²) in [5, 5.41) is 0. The molecule has 1 atom stereocenters. The Hall–Kier alpha value is 0.0195. The first-order valence-electron chi connectivity index (χ1n) is 1.41. The molecule has 0 aromatic rings. The molecule has 0 fully saturated rings. The van der Waals surface area contributed by atoms with Gasteiger partial charge in [-0.2, -0.15) is 0 Å². The number of hydrogen-bond donors (Lipinski definition) is 1. The maximum atomic E-state index is 9.81. The third-order valence-corrected chi connectivity index (χ3v) is 1.55. The molecular formula is C3H6O2Se. The number of allylic oxidation sites excluding steroid dienone is 1. The maximum absolute atomic E-state index is 9.81. The molecule has 1 N–H and O–H groups in total. The molecule has 0 rings (SSSR count). The second-order valence-corrected chi connectivity index (χ2v) is 3.46. The average Bonchev–Trinajstić information content (AvgIpc) is 1.36. The van der Waals surface area contributed by atoms with Crippen LogP contribution >= 0.6 is 0 Å². The average molecular weight is 153 g/mol. The zero-order valence-electron chi connectivity index (χ0n) is 3.47. The van der Waals surface area contributed by atoms with Crippen LogP contribution in [0.1, 0.15) is 6.92 Å². The van der Waals surface area contributed by atoms with Crippen molar-refractivity contribution >= 4 is 14.2 Å². The quantitative estimate of drug-likeness (QED) is 0.539. The Bertz CT molecular complexity index is 74.8. The molecular weight excluding hydrogens is 147 g/mol. The Balaban J connectivity index is 3.57. The summed E-state index contributed by atoms with van der Waals surface area (Å²) >= 11 is -2.58. The standard InChI is InChI=1S/C3H6O2Se/c1-3(2)6(4)5/h1H2,2H3,(H,4,5). The minimum absolute atomic E-state index is 0.384. The van der Waals surface area contributed by atoms with Crippen LogP contribution in [0.3, 0.4) is 0 Å². The van der Waals surface area contributed by atoms with Gasteiger partial charge >= 0.3 is 40.2 Å². The van der Waals surface area contributed by atoms with Gasteiger partial charge in [0.15, 0.2) is 0 Å². The van der Waals surface area contributed by atoms with Crippen LogP contribution in [-0.4, -0.2) is 18.4 Å². The van der Waals surface area contributed by atoms with Crippen molar-refractivity contribution in [2.24, 2.45) is 0 Å². The first kappa shape index (κ1) is 6.02. The van der Waals surface area contributed by atoms with Crippen LogP contribution in [0.4, 0.5) is 0 Å². The summed E-state index contributed by atoms with van der Waals surface area (Å²) in [7, 11) is 0. The molecule has 0 aromatic heterocycles. The molecule has 0 radical (unpaired) electrons. The molecule has 1 unspecified atom stereocenters. The van der Waals surface area contributed by atoms with Gasteiger partial charge in [-0.1, -0.05) is 0 Å². The Kier molecular flexibility index (Phi) is 2.25. The molecule has 3 heteroatoms. The van der Waals surface area contributed by atoms with Crippen molar-refractivity contribution in [2.75, 3.05) is 0 Å². The molecule has 6 heavy (non-hydrogen) atoms. The molecule has 0 saturated carbocycles. The number of hydrogen-bond acceptors (Lipinski definition) is 1. The van der Waals surface area contributed by atoms with E-state index in [0.29, 0.717) is 4.47 Å². The van der Waals surface area contributed by atoms with E-state index in [2.05, 4.69) is 6.58 Å². The van der Waals surface area contributed by atoms with Crippen LogP contribution in [0.25, 0.3) is 0 Å². The van der Waals surface area contributed by atoms with Gasteiger partial charge in [0, 0.05) is 0 Å². The van der Waals surface area contributed by atoms with Crippen LogP contribution in [0.5, 0.6) is 0 Å². The second kappa shape index (κ2) is 2.24. The van der Waals surface area contributed by atoms with E-state index in [9.17, 15) is 3.83 Å². The predicted octanol–water partition coefficient (Wildman–Crippen LogP) is 0.0127. The minimum atomic E-state index is -2.58. The summed E-state index contributed by atoms with van der Waals surface area (Å²) in [6.45, 7) is 4.79. The fraction of sp³-hybridized carbons (Fsp3) is 0.333. The molecule has 0 aliphatic carbocycles. The van der Waals surface area contributed by atoms with Gasteiger partial charge in [0.25, 0.3) is 0 Å². The Labute approximate surface area is 40.9 Å². The van der Waals surface area contributed by atoms with Gasteiger partial charge in [-0.05, 0) is 0 Å². The Morgan fingerprint density at radius 3 is 2.17 bits per heavy atom. The molecule has 0 amide bonds. The molecule has 0 heterocycles. The van der Waals surface area contributed by atoms with E-state index in [1.807, 2.05) is 0 Å². The van der Waals surface area contributed by atoms with Crippen molar-refractivity contribution in [1.82, 2.24) is 0 Å². The number of rotatable bonds is 1. The molecule has 0 aliphatic heterocycles. The van der Waals surface area contributed by atoms with Crippen molar-refractivity contribution in [3.63, 3.8) is 0 Å². The summed E-state index contributed by atoms with van der Waals surface area (Å²) in [4.78, 5) is 0. The van der Waals surface area contributed by atoms with Crippen molar-refractivity contribution in [3.05, 3.63) is 11.1 Å². The molecule has 0 aromatic carbocycles. The van der Waals surface area contributed by atoms with Crippen LogP contribution in [0.2, 0.25) is 0 Å². The molecule has 2 nitrogen and oxygen atoms in total. The molecule has 36 valence electrons. The van der Waals surface area contributed by atoms with E-state index in [1.165, 1.54) is 6.92 Å². The topological polar surface area (TPSA) is 37.3 Å². The van der Waals surface area contributed by atoms with E-state index in [4.69, 9.17) is 4.19 Å². The third kappa shape index (κ3) is 2.27. The SMILES string of the molecule is C=C(C)[Se](=O)O. The third-order valence-electron chi connectivity index (χ3n) is 0.298. The van der Waals surface area contributed by atoms with E-state index in [1.54, 1.807) is 0 Å². The fourth-order valence-electron chi connectivity index (χ4n) is 0. The zero-order valence-corrected chi connectivity index (χ0v) is 5.18. The van der Waals surface area contributed by atoms with E-state index < -0.39 is 14.2 Å². The van der Waals surface area contributed by atoms with Crippen molar-refractivity contribution in [3.8, 4) is 0 Å². The van der Waals surface area contributed by atoms with E-state index >= 15 is 0 Å². The predicted molar refractivity (Wildman–Crippen MR) is 23.5 cm³/mol. The van der Waals surface area contributed by atoms with Gasteiger partial charge in [-0.15, -0.1) is 0 Å². The van der Waals surface area contributed by atoms with Gasteiger partial charge < -0.3 is 0 Å². The monoisotopic (exact) mass is 154 g/mol. The van der Waals surface area contributed by atoms with Crippen LogP contribution in [0.15, 0.2) is 11.1 Å². The van der Waals surface area contributed by atoms with Crippen LogP contribution < -0.4 is 0 Å². The molecule has 0 spiro atoms. The summed E-state index contributed by atoms with van der Waals surface area (Å²) in [5.41, 5.74) is 0. The second-order valence-electron chi connectivity index (χ2n) is 0.951. The molecule has 0 bridgehead atoms. The fourth-order valence-corrected chi connectivity index (χ4v) is 0. The first-order valence-corrected chi connectivity index (χ1v) is 3.73. The summed E-state index contributed by atoms with van der Waals surface area (Å²) in [5.74, 6) is 0. The van der Waals surface area contributed by atoms with Crippen molar-refractivity contribution in [1.29, 1.82) is 0 Å². The van der Waals surface area contributed by atoms with Crippen LogP contribution in [-0.2, 0) is 3.83 Å². The van der Waals surface area contributed by atoms with Gasteiger partial charge in [0.05, 0.1) is 0 Å². The zero-order chi connectivity index (χ0) is 5.15. The first-order chi connectivity index (χ1) is 2.64. The Morgan fingerprint density at radius 1 is 2.00 bits per heavy atom.